The van der Waals surface area contributed by atoms with Gasteiger partial charge in [0.1, 0.15) is 0 Å². The van der Waals surface area contributed by atoms with Crippen LogP contribution in [-0.4, -0.2) is 53.5 Å². The first-order valence-electron chi connectivity index (χ1n) is 8.65. The van der Waals surface area contributed by atoms with Crippen LogP contribution in [-0.2, 0) is 4.79 Å². The third-order valence-electron chi connectivity index (χ3n) is 4.65. The monoisotopic (exact) mass is 567 g/mol. The van der Waals surface area contributed by atoms with Gasteiger partial charge in [-0.25, -0.2) is 0 Å². The maximum atomic E-state index is 13.9. The molecule has 0 heterocycles. The van der Waals surface area contributed by atoms with Gasteiger partial charge in [0.25, 0.3) is 0 Å². The Morgan fingerprint density at radius 3 is 1.33 bits per heavy atom. The fourth-order valence-electron chi connectivity index (χ4n) is 2.38. The standard InChI is InChI=1S/C17H10F17NO/c1-6-3-4-7(2)8(5-6)35-9(36)10(18,19)11(20,21)12(22,23)13(24,25)14(26,27)15(28,29)16(30,31)17(32,33)34/h3-5H,1-2H3,(H,35,36). The summed E-state index contributed by atoms with van der Waals surface area (Å²) in [4.78, 5) is 11.5. The van der Waals surface area contributed by atoms with Gasteiger partial charge in [-0.2, -0.15) is 74.6 Å². The minimum absolute atomic E-state index is 0.107. The van der Waals surface area contributed by atoms with Crippen LogP contribution in [0.25, 0.3) is 0 Å². The van der Waals surface area contributed by atoms with Gasteiger partial charge in [-0.15, -0.1) is 0 Å². The molecule has 1 rings (SSSR count). The Kier molecular flexibility index (Phi) is 7.47. The van der Waals surface area contributed by atoms with Gasteiger partial charge in [0, 0.05) is 5.69 Å². The van der Waals surface area contributed by atoms with Crippen LogP contribution in [0.15, 0.2) is 18.2 Å². The van der Waals surface area contributed by atoms with Crippen LogP contribution >= 0.6 is 0 Å². The summed E-state index contributed by atoms with van der Waals surface area (Å²) >= 11 is 0. The van der Waals surface area contributed by atoms with E-state index < -0.39 is 59.2 Å². The first kappa shape index (κ1) is 31.5. The van der Waals surface area contributed by atoms with Gasteiger partial charge in [-0.3, -0.25) is 4.79 Å². The van der Waals surface area contributed by atoms with E-state index in [0.717, 1.165) is 24.4 Å². The van der Waals surface area contributed by atoms with Crippen molar-refractivity contribution in [3.8, 4) is 0 Å². The van der Waals surface area contributed by atoms with E-state index in [1.165, 1.54) is 13.0 Å². The Bertz CT molecular complexity index is 995. The number of halogens is 17. The molecule has 1 aromatic rings. The predicted octanol–water partition coefficient (Wildman–Crippen LogP) is 7.25. The number of carbonyl (C=O) groups excluding carboxylic acids is 1. The Balaban J connectivity index is 3.61. The Hall–Kier alpha value is -2.50. The fraction of sp³-hybridized carbons (Fsp3) is 0.588. The maximum Gasteiger partial charge on any atom is 0.460 e. The zero-order valence-electron chi connectivity index (χ0n) is 17.1. The number of hydrogen-bond donors (Lipinski definition) is 1. The summed E-state index contributed by atoms with van der Waals surface area (Å²) in [6, 6.07) is 3.03. The van der Waals surface area contributed by atoms with Crippen LogP contribution in [0.5, 0.6) is 0 Å². The van der Waals surface area contributed by atoms with Crippen molar-refractivity contribution < 1.29 is 79.4 Å². The van der Waals surface area contributed by atoms with Crippen molar-refractivity contribution >= 4 is 11.6 Å². The highest BCUT2D eigenvalue weighted by molar-refractivity contribution is 5.97. The second-order valence-electron chi connectivity index (χ2n) is 7.29. The molecule has 0 spiro atoms. The van der Waals surface area contributed by atoms with E-state index in [2.05, 4.69) is 0 Å². The summed E-state index contributed by atoms with van der Waals surface area (Å²) in [6.45, 7) is 2.23. The molecule has 0 unspecified atom stereocenters. The minimum Gasteiger partial charge on any atom is -0.320 e. The summed E-state index contributed by atoms with van der Waals surface area (Å²) in [5.74, 6) is -61.6. The SMILES string of the molecule is Cc1ccc(C)c(NC(=O)C(F)(F)C(F)(F)C(F)(F)C(F)(F)C(F)(F)C(F)(F)C(F)(F)C(F)(F)F)c1. The minimum atomic E-state index is -8.74. The lowest BCUT2D eigenvalue weighted by molar-refractivity contribution is -0.459. The average Bonchev–Trinajstić information content (AvgIpc) is 2.68. The lowest BCUT2D eigenvalue weighted by Crippen LogP contribution is -2.75. The molecule has 0 fully saturated rings. The van der Waals surface area contributed by atoms with Gasteiger partial charge >= 0.3 is 53.5 Å². The van der Waals surface area contributed by atoms with Crippen molar-refractivity contribution in [1.29, 1.82) is 0 Å². The van der Waals surface area contributed by atoms with Gasteiger partial charge in [0.15, 0.2) is 0 Å². The normalized spacial score (nSPS) is 15.2. The molecule has 0 aromatic heterocycles. The lowest BCUT2D eigenvalue weighted by atomic mass is 9.88. The molecule has 0 aliphatic carbocycles. The molecule has 0 aliphatic heterocycles. The van der Waals surface area contributed by atoms with Gasteiger partial charge in [-0.05, 0) is 31.0 Å². The highest BCUT2D eigenvalue weighted by atomic mass is 19.4. The number of amides is 1. The first-order chi connectivity index (χ1) is 15.6. The molecule has 1 aromatic carbocycles. The van der Waals surface area contributed by atoms with Crippen LogP contribution in [0.1, 0.15) is 11.1 Å². The van der Waals surface area contributed by atoms with E-state index in [9.17, 15) is 79.4 Å². The average molecular weight is 567 g/mol. The van der Waals surface area contributed by atoms with E-state index >= 15 is 0 Å². The lowest BCUT2D eigenvalue weighted by Gasteiger charge is -2.42. The molecule has 19 heteroatoms. The Labute approximate surface area is 188 Å². The van der Waals surface area contributed by atoms with E-state index in [4.69, 9.17) is 0 Å². The van der Waals surface area contributed by atoms with Crippen molar-refractivity contribution in [2.75, 3.05) is 5.32 Å². The van der Waals surface area contributed by atoms with Crippen molar-refractivity contribution in [2.45, 2.75) is 61.5 Å². The van der Waals surface area contributed by atoms with Crippen LogP contribution in [0, 0.1) is 13.8 Å². The van der Waals surface area contributed by atoms with E-state index in [-0.39, 0.29) is 11.1 Å². The van der Waals surface area contributed by atoms with Crippen molar-refractivity contribution in [3.05, 3.63) is 29.3 Å². The van der Waals surface area contributed by atoms with Gasteiger partial charge in [0.2, 0.25) is 0 Å². The number of anilines is 1. The van der Waals surface area contributed by atoms with E-state index in [1.54, 1.807) is 0 Å². The number of rotatable bonds is 8. The third-order valence-corrected chi connectivity index (χ3v) is 4.65. The largest absolute Gasteiger partial charge is 0.460 e. The molecule has 208 valence electrons. The smallest absolute Gasteiger partial charge is 0.320 e. The van der Waals surface area contributed by atoms with E-state index in [0.29, 0.717) is 0 Å². The van der Waals surface area contributed by atoms with Crippen LogP contribution in [0.4, 0.5) is 80.3 Å². The van der Waals surface area contributed by atoms with E-state index in [1.807, 2.05) is 0 Å². The zero-order valence-corrected chi connectivity index (χ0v) is 17.1. The van der Waals surface area contributed by atoms with Gasteiger partial charge < -0.3 is 5.32 Å². The second kappa shape index (κ2) is 8.53. The second-order valence-corrected chi connectivity index (χ2v) is 7.29. The maximum absolute atomic E-state index is 13.9. The number of carbonyl (C=O) groups is 1. The van der Waals surface area contributed by atoms with Gasteiger partial charge in [-0.1, -0.05) is 12.1 Å². The highest BCUT2D eigenvalue weighted by Crippen LogP contribution is 2.64. The molecular weight excluding hydrogens is 557 g/mol. The number of hydrogen-bond acceptors (Lipinski definition) is 1. The highest BCUT2D eigenvalue weighted by Gasteiger charge is 2.95. The summed E-state index contributed by atoms with van der Waals surface area (Å²) in [5.41, 5.74) is -0.951. The molecule has 0 atom stereocenters. The number of nitrogens with one attached hydrogen (secondary N) is 1. The van der Waals surface area contributed by atoms with Crippen LogP contribution in [0.2, 0.25) is 0 Å². The summed E-state index contributed by atoms with van der Waals surface area (Å²) in [5, 5.41) is 0.883. The zero-order chi connectivity index (χ0) is 29.1. The number of benzene rings is 1. The molecular formula is C17H10F17NO. The fourth-order valence-corrected chi connectivity index (χ4v) is 2.38. The molecule has 0 radical (unpaired) electrons. The molecule has 0 saturated heterocycles. The molecule has 0 bridgehead atoms. The topological polar surface area (TPSA) is 29.1 Å². The van der Waals surface area contributed by atoms with Crippen molar-refractivity contribution in [1.82, 2.24) is 0 Å². The van der Waals surface area contributed by atoms with Crippen LogP contribution < -0.4 is 5.32 Å². The predicted molar refractivity (Wildman–Crippen MR) is 85.2 cm³/mol. The molecule has 2 nitrogen and oxygen atoms in total. The molecule has 0 aliphatic rings. The van der Waals surface area contributed by atoms with Crippen molar-refractivity contribution in [3.63, 3.8) is 0 Å². The summed E-state index contributed by atoms with van der Waals surface area (Å²) in [6.07, 6.45) is -7.83. The molecule has 0 saturated carbocycles. The summed E-state index contributed by atoms with van der Waals surface area (Å²) < 4.78 is 225. The first-order valence-corrected chi connectivity index (χ1v) is 8.65. The number of alkyl halides is 17. The Morgan fingerprint density at radius 1 is 0.583 bits per heavy atom. The van der Waals surface area contributed by atoms with Crippen molar-refractivity contribution in [2.24, 2.45) is 0 Å². The summed E-state index contributed by atoms with van der Waals surface area (Å²) in [7, 11) is 0. The number of aryl methyl sites for hydroxylation is 2. The van der Waals surface area contributed by atoms with Gasteiger partial charge in [0.05, 0.1) is 0 Å². The molecule has 1 N–H and O–H groups in total. The quantitative estimate of drug-likeness (QED) is 0.330. The molecule has 1 amide bonds. The Morgan fingerprint density at radius 2 is 0.944 bits per heavy atom. The third kappa shape index (κ3) is 4.20. The van der Waals surface area contributed by atoms with Crippen LogP contribution in [0.3, 0.4) is 0 Å². The molecule has 36 heavy (non-hydrogen) atoms.